The molecular formula is C14H24IN7S. The summed E-state index contributed by atoms with van der Waals surface area (Å²) in [7, 11) is 1.79. The fourth-order valence-electron chi connectivity index (χ4n) is 2.02. The number of rotatable bonds is 8. The zero-order chi connectivity index (χ0) is 15.6. The molecule has 0 aliphatic rings. The summed E-state index contributed by atoms with van der Waals surface area (Å²) in [5, 5.41) is 17.4. The topological polar surface area (TPSA) is 80.0 Å². The van der Waals surface area contributed by atoms with Crippen LogP contribution in [-0.2, 0) is 13.0 Å². The molecule has 0 aromatic carbocycles. The largest absolute Gasteiger partial charge is 0.356 e. The van der Waals surface area contributed by atoms with Crippen LogP contribution < -0.4 is 10.6 Å². The van der Waals surface area contributed by atoms with Gasteiger partial charge in [0.1, 0.15) is 12.7 Å². The minimum atomic E-state index is 0. The quantitative estimate of drug-likeness (QED) is 0.278. The van der Waals surface area contributed by atoms with Gasteiger partial charge in [-0.2, -0.15) is 0 Å². The van der Waals surface area contributed by atoms with Crippen LogP contribution >= 0.6 is 35.3 Å². The Morgan fingerprint density at radius 3 is 2.61 bits per heavy atom. The first-order chi connectivity index (χ1) is 10.8. The summed E-state index contributed by atoms with van der Waals surface area (Å²) in [5.74, 6) is 0.844. The summed E-state index contributed by atoms with van der Waals surface area (Å²) < 4.78 is 1.99. The average molecular weight is 449 g/mol. The molecule has 2 rings (SSSR count). The van der Waals surface area contributed by atoms with Gasteiger partial charge in [0.05, 0.1) is 10.7 Å². The van der Waals surface area contributed by atoms with Crippen LogP contribution in [0.25, 0.3) is 0 Å². The molecule has 0 spiro atoms. The first kappa shape index (κ1) is 19.8. The van der Waals surface area contributed by atoms with E-state index in [9.17, 15) is 0 Å². The summed E-state index contributed by atoms with van der Waals surface area (Å²) in [6.45, 7) is 4.72. The van der Waals surface area contributed by atoms with Gasteiger partial charge in [-0.3, -0.25) is 4.99 Å². The fourth-order valence-corrected chi connectivity index (χ4v) is 2.66. The van der Waals surface area contributed by atoms with Crippen LogP contribution in [0.3, 0.4) is 0 Å². The molecule has 7 nitrogen and oxygen atoms in total. The van der Waals surface area contributed by atoms with Gasteiger partial charge in [-0.25, -0.2) is 4.98 Å². The number of thiazole rings is 1. The number of nitrogens with zero attached hydrogens (tertiary/aromatic N) is 5. The first-order valence-corrected chi connectivity index (χ1v) is 8.34. The molecule has 0 saturated carbocycles. The van der Waals surface area contributed by atoms with Crippen LogP contribution in [0.15, 0.2) is 23.0 Å². The van der Waals surface area contributed by atoms with Gasteiger partial charge in [-0.15, -0.1) is 45.5 Å². The molecule has 128 valence electrons. The average Bonchev–Trinajstić information content (AvgIpc) is 3.17. The normalized spacial score (nSPS) is 11.1. The molecule has 2 aromatic heterocycles. The lowest BCUT2D eigenvalue weighted by atomic mass is 10.3. The van der Waals surface area contributed by atoms with Crippen molar-refractivity contribution in [2.24, 2.45) is 4.99 Å². The summed E-state index contributed by atoms with van der Waals surface area (Å²) in [6.07, 6.45) is 6.56. The van der Waals surface area contributed by atoms with Crippen LogP contribution in [0.1, 0.15) is 23.5 Å². The van der Waals surface area contributed by atoms with Crippen molar-refractivity contribution in [2.45, 2.75) is 32.7 Å². The standard InChI is InChI=1S/C14H23N7S.HI/c1-12-20-13(9-22-12)5-7-17-14(15-2)16-6-3-4-8-21-10-18-19-11-21;/h9-11H,3-8H2,1-2H3,(H2,15,16,17);1H. The van der Waals surface area contributed by atoms with E-state index in [0.717, 1.165) is 55.6 Å². The van der Waals surface area contributed by atoms with E-state index in [2.05, 4.69) is 36.2 Å². The number of unbranched alkanes of at least 4 members (excludes halogenated alkanes) is 1. The lowest BCUT2D eigenvalue weighted by Crippen LogP contribution is -2.38. The van der Waals surface area contributed by atoms with E-state index in [1.807, 2.05) is 11.5 Å². The number of halogens is 1. The molecule has 0 bridgehead atoms. The van der Waals surface area contributed by atoms with Crippen molar-refractivity contribution in [2.75, 3.05) is 20.1 Å². The molecule has 0 fully saturated rings. The van der Waals surface area contributed by atoms with Crippen LogP contribution in [0, 0.1) is 6.92 Å². The summed E-state index contributed by atoms with van der Waals surface area (Å²) in [6, 6.07) is 0. The van der Waals surface area contributed by atoms with Crippen molar-refractivity contribution >= 4 is 41.3 Å². The number of hydrogen-bond donors (Lipinski definition) is 2. The third-order valence-corrected chi connectivity index (χ3v) is 3.99. The van der Waals surface area contributed by atoms with E-state index in [1.54, 1.807) is 31.0 Å². The lowest BCUT2D eigenvalue weighted by Gasteiger charge is -2.11. The number of nitrogens with one attached hydrogen (secondary N) is 2. The molecule has 0 atom stereocenters. The highest BCUT2D eigenvalue weighted by molar-refractivity contribution is 14.0. The van der Waals surface area contributed by atoms with Gasteiger partial charge in [0.2, 0.25) is 0 Å². The minimum Gasteiger partial charge on any atom is -0.356 e. The van der Waals surface area contributed by atoms with Crippen molar-refractivity contribution in [1.82, 2.24) is 30.4 Å². The molecule has 0 aliphatic heterocycles. The molecule has 9 heteroatoms. The summed E-state index contributed by atoms with van der Waals surface area (Å²) >= 11 is 1.69. The molecule has 0 radical (unpaired) electrons. The van der Waals surface area contributed by atoms with Crippen molar-refractivity contribution in [3.05, 3.63) is 28.7 Å². The Bertz CT molecular complexity index is 567. The molecule has 0 unspecified atom stereocenters. The zero-order valence-electron chi connectivity index (χ0n) is 13.5. The molecule has 0 aliphatic carbocycles. The van der Waals surface area contributed by atoms with Crippen LogP contribution in [0.2, 0.25) is 0 Å². The second-order valence-electron chi connectivity index (χ2n) is 4.94. The van der Waals surface area contributed by atoms with Crippen LogP contribution in [-0.4, -0.2) is 45.8 Å². The van der Waals surface area contributed by atoms with Crippen molar-refractivity contribution in [3.8, 4) is 0 Å². The molecule has 2 N–H and O–H groups in total. The highest BCUT2D eigenvalue weighted by Gasteiger charge is 2.00. The van der Waals surface area contributed by atoms with Gasteiger partial charge < -0.3 is 15.2 Å². The van der Waals surface area contributed by atoms with Crippen molar-refractivity contribution in [1.29, 1.82) is 0 Å². The maximum absolute atomic E-state index is 4.45. The molecule has 23 heavy (non-hydrogen) atoms. The Labute approximate surface area is 158 Å². The SMILES string of the molecule is CN=C(NCCCCn1cnnc1)NCCc1csc(C)n1.I. The summed E-state index contributed by atoms with van der Waals surface area (Å²) in [4.78, 5) is 8.67. The Morgan fingerprint density at radius 1 is 1.22 bits per heavy atom. The number of aliphatic imine (C=N–C) groups is 1. The Hall–Kier alpha value is -1.23. The van der Waals surface area contributed by atoms with Gasteiger partial charge in [-0.1, -0.05) is 0 Å². The molecule has 2 heterocycles. The second kappa shape index (κ2) is 11.3. The lowest BCUT2D eigenvalue weighted by molar-refractivity contribution is 0.597. The third-order valence-electron chi connectivity index (χ3n) is 3.17. The highest BCUT2D eigenvalue weighted by Crippen LogP contribution is 2.07. The Morgan fingerprint density at radius 2 is 1.96 bits per heavy atom. The van der Waals surface area contributed by atoms with Gasteiger partial charge in [-0.05, 0) is 19.8 Å². The molecule has 0 amide bonds. The smallest absolute Gasteiger partial charge is 0.190 e. The van der Waals surface area contributed by atoms with Gasteiger partial charge >= 0.3 is 0 Å². The number of aryl methyl sites for hydroxylation is 2. The molecule has 0 saturated heterocycles. The predicted molar refractivity (Wildman–Crippen MR) is 105 cm³/mol. The number of aromatic nitrogens is 4. The van der Waals surface area contributed by atoms with E-state index in [1.165, 1.54) is 0 Å². The van der Waals surface area contributed by atoms with Crippen LogP contribution in [0.5, 0.6) is 0 Å². The van der Waals surface area contributed by atoms with E-state index >= 15 is 0 Å². The van der Waals surface area contributed by atoms with Crippen molar-refractivity contribution < 1.29 is 0 Å². The van der Waals surface area contributed by atoms with Gasteiger partial charge in [0.15, 0.2) is 5.96 Å². The van der Waals surface area contributed by atoms with Crippen LogP contribution in [0.4, 0.5) is 0 Å². The zero-order valence-corrected chi connectivity index (χ0v) is 16.7. The van der Waals surface area contributed by atoms with E-state index in [0.29, 0.717) is 0 Å². The number of guanidine groups is 1. The third kappa shape index (κ3) is 7.73. The maximum atomic E-state index is 4.45. The van der Waals surface area contributed by atoms with E-state index < -0.39 is 0 Å². The monoisotopic (exact) mass is 449 g/mol. The number of hydrogen-bond acceptors (Lipinski definition) is 5. The van der Waals surface area contributed by atoms with E-state index in [4.69, 9.17) is 0 Å². The van der Waals surface area contributed by atoms with E-state index in [-0.39, 0.29) is 24.0 Å². The highest BCUT2D eigenvalue weighted by atomic mass is 127. The van der Waals surface area contributed by atoms with Crippen molar-refractivity contribution in [3.63, 3.8) is 0 Å². The van der Waals surface area contributed by atoms with Gasteiger partial charge in [0, 0.05) is 38.5 Å². The minimum absolute atomic E-state index is 0. The second-order valence-corrected chi connectivity index (χ2v) is 6.00. The Kier molecular flexibility index (Phi) is 9.76. The maximum Gasteiger partial charge on any atom is 0.190 e. The predicted octanol–water partition coefficient (Wildman–Crippen LogP) is 1.85. The Balaban J connectivity index is 0.00000264. The van der Waals surface area contributed by atoms with Gasteiger partial charge in [0.25, 0.3) is 0 Å². The first-order valence-electron chi connectivity index (χ1n) is 7.46. The molecule has 2 aromatic rings. The molecular weight excluding hydrogens is 425 g/mol. The summed E-state index contributed by atoms with van der Waals surface area (Å²) in [5.41, 5.74) is 1.14. The fraction of sp³-hybridized carbons (Fsp3) is 0.571.